The highest BCUT2D eigenvalue weighted by molar-refractivity contribution is 5.95. The van der Waals surface area contributed by atoms with Crippen LogP contribution in [0.3, 0.4) is 0 Å². The second-order valence-corrected chi connectivity index (χ2v) is 9.83. The van der Waals surface area contributed by atoms with Gasteiger partial charge >= 0.3 is 5.97 Å². The minimum atomic E-state index is -1.26. The van der Waals surface area contributed by atoms with E-state index in [4.69, 9.17) is 5.73 Å². The summed E-state index contributed by atoms with van der Waals surface area (Å²) in [6.45, 7) is 8.36. The minimum Gasteiger partial charge on any atom is -0.480 e. The number of rotatable bonds is 13. The number of para-hydroxylation sites is 1. The van der Waals surface area contributed by atoms with Crippen LogP contribution in [0.1, 0.15) is 46.6 Å². The van der Waals surface area contributed by atoms with E-state index in [0.717, 1.165) is 16.5 Å². The second-order valence-electron chi connectivity index (χ2n) is 9.83. The van der Waals surface area contributed by atoms with Gasteiger partial charge in [-0.3, -0.25) is 14.4 Å². The van der Waals surface area contributed by atoms with Crippen LogP contribution in [-0.4, -0.2) is 69.2 Å². The lowest BCUT2D eigenvalue weighted by molar-refractivity contribution is -0.144. The molecule has 2 aromatic rings. The summed E-state index contributed by atoms with van der Waals surface area (Å²) in [6.07, 6.45) is 1.23. The molecule has 6 unspecified atom stereocenters. The van der Waals surface area contributed by atoms with Crippen molar-refractivity contribution in [2.75, 3.05) is 0 Å². The Bertz CT molecular complexity index is 1100. The summed E-state index contributed by atoms with van der Waals surface area (Å²) < 4.78 is 0. The van der Waals surface area contributed by atoms with Gasteiger partial charge in [-0.1, -0.05) is 52.3 Å². The highest BCUT2D eigenvalue weighted by Gasteiger charge is 2.34. The molecule has 0 bridgehead atoms. The van der Waals surface area contributed by atoms with E-state index < -0.39 is 54.0 Å². The molecule has 204 valence electrons. The van der Waals surface area contributed by atoms with Crippen molar-refractivity contribution in [3.8, 4) is 0 Å². The van der Waals surface area contributed by atoms with E-state index in [1.165, 1.54) is 6.92 Å². The molecule has 0 fully saturated rings. The van der Waals surface area contributed by atoms with Crippen molar-refractivity contribution >= 4 is 34.6 Å². The van der Waals surface area contributed by atoms with Crippen LogP contribution < -0.4 is 21.7 Å². The van der Waals surface area contributed by atoms with E-state index in [9.17, 15) is 29.4 Å². The number of carboxylic acids is 1. The fourth-order valence-corrected chi connectivity index (χ4v) is 3.93. The first-order valence-corrected chi connectivity index (χ1v) is 12.5. The molecule has 0 saturated heterocycles. The fraction of sp³-hybridized carbons (Fsp3) is 0.538. The Morgan fingerprint density at radius 1 is 0.946 bits per heavy atom. The molecule has 1 heterocycles. The van der Waals surface area contributed by atoms with Gasteiger partial charge in [0.05, 0.1) is 6.10 Å². The summed E-state index contributed by atoms with van der Waals surface area (Å²) in [5, 5.41) is 28.0. The normalized spacial score (nSPS) is 16.3. The Kier molecular flexibility index (Phi) is 10.6. The lowest BCUT2D eigenvalue weighted by Crippen LogP contribution is -2.60. The lowest BCUT2D eigenvalue weighted by atomic mass is 9.97. The standard InChI is InChI=1S/C26H39N5O6/c1-6-14(4)22(26(36)37)31-25(35)21(13(2)3)30-23(33)19(29-24(34)20(27)15(5)32)11-16-12-28-18-10-8-7-9-17(16)18/h7-10,12-15,19-22,28,32H,6,11,27H2,1-5H3,(H,29,34)(H,30,33)(H,31,35)(H,36,37). The highest BCUT2D eigenvalue weighted by Crippen LogP contribution is 2.19. The zero-order valence-corrected chi connectivity index (χ0v) is 21.9. The van der Waals surface area contributed by atoms with Gasteiger partial charge in [-0.05, 0) is 30.4 Å². The number of aliphatic hydroxyl groups excluding tert-OH is 1. The number of hydrogen-bond donors (Lipinski definition) is 7. The quantitative estimate of drug-likeness (QED) is 0.203. The number of aromatic amines is 1. The van der Waals surface area contributed by atoms with E-state index in [1.54, 1.807) is 27.0 Å². The predicted octanol–water partition coefficient (Wildman–Crippen LogP) is 0.660. The maximum Gasteiger partial charge on any atom is 0.326 e. The molecule has 3 amide bonds. The van der Waals surface area contributed by atoms with Gasteiger partial charge in [0.15, 0.2) is 0 Å². The number of benzene rings is 1. The van der Waals surface area contributed by atoms with Gasteiger partial charge in [-0.25, -0.2) is 4.79 Å². The van der Waals surface area contributed by atoms with Crippen LogP contribution >= 0.6 is 0 Å². The summed E-state index contributed by atoms with van der Waals surface area (Å²) in [6, 6.07) is 2.95. The van der Waals surface area contributed by atoms with Gasteiger partial charge in [0.1, 0.15) is 24.2 Å². The van der Waals surface area contributed by atoms with Crippen LogP contribution in [0.2, 0.25) is 0 Å². The number of fused-ring (bicyclic) bond motifs is 1. The number of aromatic nitrogens is 1. The number of H-pyrrole nitrogens is 1. The molecule has 11 nitrogen and oxygen atoms in total. The molecule has 1 aromatic carbocycles. The molecule has 8 N–H and O–H groups in total. The third kappa shape index (κ3) is 7.77. The number of aliphatic hydroxyl groups is 1. The Morgan fingerprint density at radius 3 is 2.14 bits per heavy atom. The van der Waals surface area contributed by atoms with Crippen molar-refractivity contribution in [1.82, 2.24) is 20.9 Å². The van der Waals surface area contributed by atoms with E-state index in [1.807, 2.05) is 31.2 Å². The Labute approximate surface area is 216 Å². The van der Waals surface area contributed by atoms with Crippen LogP contribution in [0, 0.1) is 11.8 Å². The van der Waals surface area contributed by atoms with Crippen LogP contribution in [-0.2, 0) is 25.6 Å². The van der Waals surface area contributed by atoms with Gasteiger partial charge in [0.25, 0.3) is 0 Å². The van der Waals surface area contributed by atoms with Gasteiger partial charge < -0.3 is 36.9 Å². The Morgan fingerprint density at radius 2 is 1.57 bits per heavy atom. The number of carbonyl (C=O) groups excluding carboxylic acids is 3. The van der Waals surface area contributed by atoms with Gasteiger partial charge in [0, 0.05) is 23.5 Å². The largest absolute Gasteiger partial charge is 0.480 e. The summed E-state index contributed by atoms with van der Waals surface area (Å²) in [7, 11) is 0. The Balaban J connectivity index is 2.30. The molecule has 6 atom stereocenters. The first-order chi connectivity index (χ1) is 17.4. The summed E-state index contributed by atoms with van der Waals surface area (Å²) >= 11 is 0. The summed E-state index contributed by atoms with van der Waals surface area (Å²) in [5.41, 5.74) is 7.39. The molecule has 1 aromatic heterocycles. The average Bonchev–Trinajstić information content (AvgIpc) is 3.26. The van der Waals surface area contributed by atoms with E-state index >= 15 is 0 Å². The maximum absolute atomic E-state index is 13.4. The van der Waals surface area contributed by atoms with E-state index in [2.05, 4.69) is 20.9 Å². The second kappa shape index (κ2) is 13.2. The fourth-order valence-electron chi connectivity index (χ4n) is 3.93. The number of hydrogen-bond acceptors (Lipinski definition) is 6. The number of nitrogens with one attached hydrogen (secondary N) is 4. The summed E-state index contributed by atoms with van der Waals surface area (Å²) in [5.74, 6) is -3.84. The number of nitrogens with two attached hydrogens (primary N) is 1. The van der Waals surface area contributed by atoms with E-state index in [0.29, 0.717) is 6.42 Å². The molecule has 0 aliphatic rings. The van der Waals surface area contributed by atoms with Crippen molar-refractivity contribution in [2.24, 2.45) is 17.6 Å². The molecular formula is C26H39N5O6. The third-order valence-electron chi connectivity index (χ3n) is 6.58. The topological polar surface area (TPSA) is 187 Å². The lowest BCUT2D eigenvalue weighted by Gasteiger charge is -2.28. The van der Waals surface area contributed by atoms with Crippen LogP contribution in [0.25, 0.3) is 10.9 Å². The van der Waals surface area contributed by atoms with Gasteiger partial charge in [-0.15, -0.1) is 0 Å². The molecule has 11 heteroatoms. The van der Waals surface area contributed by atoms with Gasteiger partial charge in [0.2, 0.25) is 17.7 Å². The molecule has 0 spiro atoms. The van der Waals surface area contributed by atoms with Crippen molar-refractivity contribution in [3.05, 3.63) is 36.0 Å². The smallest absolute Gasteiger partial charge is 0.326 e. The minimum absolute atomic E-state index is 0.0885. The SMILES string of the molecule is CCC(C)C(NC(=O)C(NC(=O)C(Cc1c[nH]c2ccccc12)NC(=O)C(N)C(C)O)C(C)C)C(=O)O. The summed E-state index contributed by atoms with van der Waals surface area (Å²) in [4.78, 5) is 53.9. The van der Waals surface area contributed by atoms with E-state index in [-0.39, 0.29) is 18.3 Å². The predicted molar refractivity (Wildman–Crippen MR) is 139 cm³/mol. The van der Waals surface area contributed by atoms with Gasteiger partial charge in [-0.2, -0.15) is 0 Å². The monoisotopic (exact) mass is 517 g/mol. The first-order valence-electron chi connectivity index (χ1n) is 12.5. The molecule has 0 aliphatic carbocycles. The number of amides is 3. The molecule has 37 heavy (non-hydrogen) atoms. The van der Waals surface area contributed by atoms with Crippen LogP contribution in [0.15, 0.2) is 30.5 Å². The highest BCUT2D eigenvalue weighted by atomic mass is 16.4. The van der Waals surface area contributed by atoms with Crippen molar-refractivity contribution in [3.63, 3.8) is 0 Å². The molecule has 0 saturated carbocycles. The zero-order valence-electron chi connectivity index (χ0n) is 21.9. The van der Waals surface area contributed by atoms with Crippen LogP contribution in [0.4, 0.5) is 0 Å². The third-order valence-corrected chi connectivity index (χ3v) is 6.58. The molecule has 2 rings (SSSR count). The van der Waals surface area contributed by atoms with Crippen LogP contribution in [0.5, 0.6) is 0 Å². The number of aliphatic carboxylic acids is 1. The number of carboxylic acid groups (broad SMARTS) is 1. The molecule has 0 aliphatic heterocycles. The molecule has 0 radical (unpaired) electrons. The Hall–Kier alpha value is -3.44. The number of carbonyl (C=O) groups is 4. The van der Waals surface area contributed by atoms with Crippen molar-refractivity contribution in [2.45, 2.75) is 77.7 Å². The average molecular weight is 518 g/mol. The zero-order chi connectivity index (χ0) is 27.9. The van der Waals surface area contributed by atoms with Crippen molar-refractivity contribution in [1.29, 1.82) is 0 Å². The van der Waals surface area contributed by atoms with Crippen molar-refractivity contribution < 1.29 is 29.4 Å². The maximum atomic E-state index is 13.4. The first kappa shape index (κ1) is 29.8. The molecular weight excluding hydrogens is 478 g/mol.